The highest BCUT2D eigenvalue weighted by molar-refractivity contribution is 9.10. The number of hydrogen-bond donors (Lipinski definition) is 1. The molecule has 1 aromatic rings. The maximum Gasteiger partial charge on any atom is 0.133 e. The number of rotatable bonds is 3. The van der Waals surface area contributed by atoms with Crippen LogP contribution in [0.4, 0.5) is 5.82 Å². The van der Waals surface area contributed by atoms with E-state index < -0.39 is 0 Å². The van der Waals surface area contributed by atoms with Crippen molar-refractivity contribution in [3.63, 3.8) is 0 Å². The van der Waals surface area contributed by atoms with Gasteiger partial charge in [0.25, 0.3) is 0 Å². The number of nitrogens with zero attached hydrogens (tertiary/aromatic N) is 2. The van der Waals surface area contributed by atoms with Crippen LogP contribution in [-0.2, 0) is 6.54 Å². The first-order chi connectivity index (χ1) is 8.60. The highest BCUT2D eigenvalue weighted by atomic mass is 79.9. The second kappa shape index (κ2) is 6.02. The van der Waals surface area contributed by atoms with Crippen LogP contribution in [0.25, 0.3) is 0 Å². The molecule has 0 aliphatic carbocycles. The summed E-state index contributed by atoms with van der Waals surface area (Å²) in [5.41, 5.74) is 1.27. The molecule has 18 heavy (non-hydrogen) atoms. The fraction of sp³-hybridized carbons (Fsp3) is 0.643. The number of pyridine rings is 1. The summed E-state index contributed by atoms with van der Waals surface area (Å²) in [6.07, 6.45) is 3.23. The van der Waals surface area contributed by atoms with E-state index >= 15 is 0 Å². The minimum atomic E-state index is 0.752. The Bertz CT molecular complexity index is 398. The van der Waals surface area contributed by atoms with Gasteiger partial charge in [-0.2, -0.15) is 0 Å². The summed E-state index contributed by atoms with van der Waals surface area (Å²) < 4.78 is 1.05. The minimum absolute atomic E-state index is 0.752. The van der Waals surface area contributed by atoms with E-state index in [9.17, 15) is 0 Å². The van der Waals surface area contributed by atoms with Crippen molar-refractivity contribution < 1.29 is 0 Å². The number of anilines is 1. The Morgan fingerprint density at radius 3 is 2.67 bits per heavy atom. The zero-order valence-electron chi connectivity index (χ0n) is 11.4. The second-order valence-electron chi connectivity index (χ2n) is 5.52. The monoisotopic (exact) mass is 311 g/mol. The Hall–Kier alpha value is -0.610. The zero-order chi connectivity index (χ0) is 13.1. The average Bonchev–Trinajstić information content (AvgIpc) is 2.28. The molecule has 100 valence electrons. The van der Waals surface area contributed by atoms with Crippen LogP contribution in [0.5, 0.6) is 0 Å². The van der Waals surface area contributed by atoms with Crippen LogP contribution in [0, 0.1) is 11.8 Å². The smallest absolute Gasteiger partial charge is 0.133 e. The molecule has 2 unspecified atom stereocenters. The zero-order valence-corrected chi connectivity index (χ0v) is 13.0. The summed E-state index contributed by atoms with van der Waals surface area (Å²) in [4.78, 5) is 7.07. The molecule has 2 heterocycles. The fourth-order valence-corrected chi connectivity index (χ4v) is 3.29. The molecule has 2 atom stereocenters. The lowest BCUT2D eigenvalue weighted by molar-refractivity contribution is 0.355. The van der Waals surface area contributed by atoms with Crippen LogP contribution in [0.1, 0.15) is 25.8 Å². The van der Waals surface area contributed by atoms with E-state index in [2.05, 4.69) is 51.0 Å². The van der Waals surface area contributed by atoms with Crippen LogP contribution in [0.2, 0.25) is 0 Å². The summed E-state index contributed by atoms with van der Waals surface area (Å²) in [6, 6.07) is 2.17. The van der Waals surface area contributed by atoms with Gasteiger partial charge >= 0.3 is 0 Å². The quantitative estimate of drug-likeness (QED) is 0.930. The molecule has 1 aliphatic rings. The van der Waals surface area contributed by atoms with Gasteiger partial charge in [-0.1, -0.05) is 13.8 Å². The number of hydrogen-bond acceptors (Lipinski definition) is 3. The molecule has 1 aromatic heterocycles. The van der Waals surface area contributed by atoms with E-state index in [0.717, 1.165) is 41.8 Å². The number of piperidine rings is 1. The van der Waals surface area contributed by atoms with Gasteiger partial charge in [0, 0.05) is 35.9 Å². The standard InChI is InChI=1S/C14H22BrN3/c1-10-4-11(2)9-18(8-10)14-12(6-16-3)5-13(15)7-17-14/h5,7,10-11,16H,4,6,8-9H2,1-3H3. The molecule has 0 radical (unpaired) electrons. The van der Waals surface area contributed by atoms with E-state index in [-0.39, 0.29) is 0 Å². The highest BCUT2D eigenvalue weighted by Gasteiger charge is 2.24. The van der Waals surface area contributed by atoms with Crippen LogP contribution in [-0.4, -0.2) is 25.1 Å². The Balaban J connectivity index is 2.25. The van der Waals surface area contributed by atoms with Crippen molar-refractivity contribution in [1.29, 1.82) is 0 Å². The topological polar surface area (TPSA) is 28.2 Å². The summed E-state index contributed by atoms with van der Waals surface area (Å²) in [5.74, 6) is 2.65. The van der Waals surface area contributed by atoms with Crippen LogP contribution in [0.15, 0.2) is 16.7 Å². The minimum Gasteiger partial charge on any atom is -0.356 e. The van der Waals surface area contributed by atoms with Crippen LogP contribution < -0.4 is 10.2 Å². The average molecular weight is 312 g/mol. The normalized spacial score (nSPS) is 24.3. The molecule has 0 spiro atoms. The Morgan fingerprint density at radius 2 is 2.06 bits per heavy atom. The molecule has 1 fully saturated rings. The molecule has 1 N–H and O–H groups in total. The van der Waals surface area contributed by atoms with Crippen molar-refractivity contribution in [3.05, 3.63) is 22.3 Å². The lowest BCUT2D eigenvalue weighted by Gasteiger charge is -2.36. The molecule has 1 aliphatic heterocycles. The van der Waals surface area contributed by atoms with Gasteiger partial charge in [0.15, 0.2) is 0 Å². The SMILES string of the molecule is CNCc1cc(Br)cnc1N1CC(C)CC(C)C1. The van der Waals surface area contributed by atoms with Crippen molar-refractivity contribution in [2.75, 3.05) is 25.0 Å². The third-order valence-corrected chi connectivity index (χ3v) is 3.88. The summed E-state index contributed by atoms with van der Waals surface area (Å²) in [6.45, 7) is 7.77. The van der Waals surface area contributed by atoms with E-state index in [1.165, 1.54) is 12.0 Å². The van der Waals surface area contributed by atoms with Crippen molar-refractivity contribution in [3.8, 4) is 0 Å². The van der Waals surface area contributed by atoms with E-state index in [0.29, 0.717) is 0 Å². The molecule has 4 heteroatoms. The lowest BCUT2D eigenvalue weighted by Crippen LogP contribution is -2.39. The Labute approximate surface area is 118 Å². The lowest BCUT2D eigenvalue weighted by atomic mass is 9.91. The van der Waals surface area contributed by atoms with Crippen molar-refractivity contribution in [2.45, 2.75) is 26.8 Å². The maximum atomic E-state index is 4.63. The number of nitrogens with one attached hydrogen (secondary N) is 1. The molecule has 0 bridgehead atoms. The molecule has 3 nitrogen and oxygen atoms in total. The van der Waals surface area contributed by atoms with E-state index in [1.807, 2.05) is 13.2 Å². The van der Waals surface area contributed by atoms with Crippen molar-refractivity contribution in [2.24, 2.45) is 11.8 Å². The molecular weight excluding hydrogens is 290 g/mol. The third-order valence-electron chi connectivity index (χ3n) is 3.45. The molecule has 0 aromatic carbocycles. The predicted molar refractivity (Wildman–Crippen MR) is 79.9 cm³/mol. The first-order valence-corrected chi connectivity index (χ1v) is 7.43. The van der Waals surface area contributed by atoms with Gasteiger partial charge < -0.3 is 10.2 Å². The van der Waals surface area contributed by atoms with Crippen molar-refractivity contribution >= 4 is 21.7 Å². The van der Waals surface area contributed by atoms with E-state index in [4.69, 9.17) is 0 Å². The van der Waals surface area contributed by atoms with Crippen LogP contribution >= 0.6 is 15.9 Å². The van der Waals surface area contributed by atoms with Gasteiger partial charge in [-0.3, -0.25) is 0 Å². The van der Waals surface area contributed by atoms with Gasteiger partial charge in [-0.25, -0.2) is 4.98 Å². The summed E-state index contributed by atoms with van der Waals surface area (Å²) in [7, 11) is 1.98. The summed E-state index contributed by atoms with van der Waals surface area (Å²) >= 11 is 3.51. The third kappa shape index (κ3) is 3.23. The number of aromatic nitrogens is 1. The highest BCUT2D eigenvalue weighted by Crippen LogP contribution is 2.28. The fourth-order valence-electron chi connectivity index (χ4n) is 2.92. The second-order valence-corrected chi connectivity index (χ2v) is 6.43. The van der Waals surface area contributed by atoms with Gasteiger partial charge in [0.05, 0.1) is 0 Å². The van der Waals surface area contributed by atoms with Gasteiger partial charge in [0.1, 0.15) is 5.82 Å². The van der Waals surface area contributed by atoms with Crippen LogP contribution in [0.3, 0.4) is 0 Å². The Kier molecular flexibility index (Phi) is 4.62. The Morgan fingerprint density at radius 1 is 1.39 bits per heavy atom. The van der Waals surface area contributed by atoms with Gasteiger partial charge in [-0.15, -0.1) is 0 Å². The predicted octanol–water partition coefficient (Wildman–Crippen LogP) is 3.05. The summed E-state index contributed by atoms with van der Waals surface area (Å²) in [5, 5.41) is 3.23. The first-order valence-electron chi connectivity index (χ1n) is 6.64. The molecule has 1 saturated heterocycles. The largest absolute Gasteiger partial charge is 0.356 e. The number of halogens is 1. The molecule has 0 amide bonds. The maximum absolute atomic E-state index is 4.63. The molecule has 2 rings (SSSR count). The first kappa shape index (κ1) is 13.8. The van der Waals surface area contributed by atoms with Crippen molar-refractivity contribution in [1.82, 2.24) is 10.3 Å². The van der Waals surface area contributed by atoms with E-state index in [1.54, 1.807) is 0 Å². The molecule has 0 saturated carbocycles. The van der Waals surface area contributed by atoms with Gasteiger partial charge in [0.2, 0.25) is 0 Å². The van der Waals surface area contributed by atoms with Gasteiger partial charge in [-0.05, 0) is 47.3 Å². The molecular formula is C14H22BrN3.